The zero-order valence-corrected chi connectivity index (χ0v) is 13.9. The Kier molecular flexibility index (Phi) is 37.6. The summed E-state index contributed by atoms with van der Waals surface area (Å²) in [6.07, 6.45) is 4.45. The fourth-order valence-electron chi connectivity index (χ4n) is 0.415. The van der Waals surface area contributed by atoms with Crippen molar-refractivity contribution in [1.82, 2.24) is 0 Å². The zero-order chi connectivity index (χ0) is 14.1. The van der Waals surface area contributed by atoms with Crippen molar-refractivity contribution >= 4 is 11.8 Å². The third-order valence-corrected chi connectivity index (χ3v) is 1.41. The Balaban J connectivity index is -0.0000000922. The largest absolute Gasteiger partial charge is 2.00 e. The fourth-order valence-corrected chi connectivity index (χ4v) is 0.415. The number of ketones is 1. The van der Waals surface area contributed by atoms with Crippen LogP contribution in [0.25, 0.3) is 0 Å². The normalized spacial score (nSPS) is 7.67. The Labute approximate surface area is 128 Å². The number of carbonyl (C=O) groups excluding carboxylic acids is 2. The van der Waals surface area contributed by atoms with Gasteiger partial charge in [-0.1, -0.05) is 26.7 Å². The van der Waals surface area contributed by atoms with Crippen molar-refractivity contribution in [2.75, 3.05) is 6.61 Å². The van der Waals surface area contributed by atoms with Gasteiger partial charge in [-0.3, -0.25) is 9.59 Å². The minimum Gasteiger partial charge on any atom is -0.466 e. The molecule has 0 aliphatic carbocycles. The van der Waals surface area contributed by atoms with Crippen LogP contribution in [0.4, 0.5) is 0 Å². The van der Waals surface area contributed by atoms with E-state index in [4.69, 9.17) is 0 Å². The van der Waals surface area contributed by atoms with Crippen molar-refractivity contribution < 1.29 is 36.0 Å². The van der Waals surface area contributed by atoms with Crippen LogP contribution in [0.2, 0.25) is 0 Å². The molecule has 0 heterocycles. The maximum Gasteiger partial charge on any atom is 2.00 e. The minimum atomic E-state index is -0.440. The molecule has 3 nitrogen and oxygen atoms in total. The molecular formula is C14H28O3Ti. The van der Waals surface area contributed by atoms with E-state index in [1.54, 1.807) is 6.92 Å². The molecule has 0 aromatic heterocycles. The van der Waals surface area contributed by atoms with Crippen LogP contribution in [0.15, 0.2) is 0 Å². The van der Waals surface area contributed by atoms with Crippen molar-refractivity contribution in [3.05, 3.63) is 13.8 Å². The molecule has 0 aliphatic rings. The topological polar surface area (TPSA) is 43.4 Å². The second kappa shape index (κ2) is 25.6. The van der Waals surface area contributed by atoms with Crippen LogP contribution >= 0.6 is 0 Å². The van der Waals surface area contributed by atoms with E-state index in [0.29, 0.717) is 6.61 Å². The Morgan fingerprint density at radius 2 is 1.33 bits per heavy atom. The molecule has 0 spiro atoms. The maximum absolute atomic E-state index is 10.4. The van der Waals surface area contributed by atoms with Crippen LogP contribution in [0.1, 0.15) is 59.8 Å². The molecule has 0 atom stereocenters. The third-order valence-electron chi connectivity index (χ3n) is 1.41. The predicted octanol–water partition coefficient (Wildman–Crippen LogP) is 3.77. The summed E-state index contributed by atoms with van der Waals surface area (Å²) in [5, 5.41) is 0. The van der Waals surface area contributed by atoms with Gasteiger partial charge in [0.25, 0.3) is 0 Å². The van der Waals surface area contributed by atoms with Gasteiger partial charge in [-0.2, -0.15) is 12.8 Å². The smallest absolute Gasteiger partial charge is 0.466 e. The number of hydrogen-bond donors (Lipinski definition) is 0. The first kappa shape index (κ1) is 26.4. The SMILES string of the molecule is CCOC(=O)CC(C)=O.[CH2-]CCC.[CH2-]CCC.[Ti+2]. The number of carbonyl (C=O) groups is 2. The Bertz CT molecular complexity index is 162. The van der Waals surface area contributed by atoms with E-state index >= 15 is 0 Å². The van der Waals surface area contributed by atoms with Gasteiger partial charge in [-0.15, -0.1) is 0 Å². The van der Waals surface area contributed by atoms with Gasteiger partial charge in [-0.05, 0) is 13.8 Å². The van der Waals surface area contributed by atoms with Crippen molar-refractivity contribution in [1.29, 1.82) is 0 Å². The second-order valence-electron chi connectivity index (χ2n) is 3.39. The van der Waals surface area contributed by atoms with Gasteiger partial charge >= 0.3 is 27.7 Å². The van der Waals surface area contributed by atoms with Crippen LogP contribution < -0.4 is 0 Å². The summed E-state index contributed by atoms with van der Waals surface area (Å²) in [4.78, 5) is 20.6. The van der Waals surface area contributed by atoms with Crippen LogP contribution in [0, 0.1) is 13.8 Å². The molecule has 0 aromatic rings. The molecule has 4 heteroatoms. The number of hydrogen-bond acceptors (Lipinski definition) is 3. The zero-order valence-electron chi connectivity index (χ0n) is 12.4. The average molecular weight is 292 g/mol. The van der Waals surface area contributed by atoms with Crippen LogP contribution in [0.5, 0.6) is 0 Å². The fraction of sp³-hybridized carbons (Fsp3) is 0.714. The van der Waals surface area contributed by atoms with E-state index in [1.165, 1.54) is 19.8 Å². The monoisotopic (exact) mass is 292 g/mol. The van der Waals surface area contributed by atoms with Crippen molar-refractivity contribution in [2.45, 2.75) is 59.8 Å². The van der Waals surface area contributed by atoms with E-state index in [2.05, 4.69) is 32.4 Å². The Hall–Kier alpha value is -0.146. The molecule has 0 rings (SSSR count). The summed E-state index contributed by atoms with van der Waals surface area (Å²) in [6, 6.07) is 0. The molecule has 0 unspecified atom stereocenters. The first-order chi connectivity index (χ1) is 7.99. The Morgan fingerprint density at radius 1 is 1.00 bits per heavy atom. The molecule has 0 radical (unpaired) electrons. The predicted molar refractivity (Wildman–Crippen MR) is 72.5 cm³/mol. The molecule has 18 heavy (non-hydrogen) atoms. The molecule has 0 fully saturated rings. The van der Waals surface area contributed by atoms with Crippen molar-refractivity contribution in [3.8, 4) is 0 Å². The first-order valence-corrected chi connectivity index (χ1v) is 6.23. The Morgan fingerprint density at radius 3 is 1.50 bits per heavy atom. The van der Waals surface area contributed by atoms with E-state index in [1.807, 2.05) is 0 Å². The molecular weight excluding hydrogens is 264 g/mol. The van der Waals surface area contributed by atoms with E-state index < -0.39 is 5.97 Å². The van der Waals surface area contributed by atoms with E-state index in [9.17, 15) is 9.59 Å². The number of unbranched alkanes of at least 4 members (excludes halogenated alkanes) is 2. The van der Waals surface area contributed by atoms with Gasteiger partial charge in [0.2, 0.25) is 0 Å². The van der Waals surface area contributed by atoms with Gasteiger partial charge < -0.3 is 18.6 Å². The van der Waals surface area contributed by atoms with Crippen LogP contribution in [-0.4, -0.2) is 18.4 Å². The van der Waals surface area contributed by atoms with Crippen LogP contribution in [0.3, 0.4) is 0 Å². The molecule has 0 N–H and O–H groups in total. The maximum atomic E-state index is 10.4. The van der Waals surface area contributed by atoms with Gasteiger partial charge in [0.15, 0.2) is 0 Å². The quantitative estimate of drug-likeness (QED) is 0.335. The molecule has 0 bridgehead atoms. The third kappa shape index (κ3) is 44.6. The summed E-state index contributed by atoms with van der Waals surface area (Å²) < 4.78 is 4.49. The number of rotatable bonds is 5. The van der Waals surface area contributed by atoms with Gasteiger partial charge in [0, 0.05) is 0 Å². The number of esters is 1. The summed E-state index contributed by atoms with van der Waals surface area (Å²) in [7, 11) is 0. The molecule has 0 amide bonds. The second-order valence-corrected chi connectivity index (χ2v) is 3.39. The van der Waals surface area contributed by atoms with Crippen molar-refractivity contribution in [3.63, 3.8) is 0 Å². The molecule has 0 aromatic carbocycles. The van der Waals surface area contributed by atoms with Crippen molar-refractivity contribution in [2.24, 2.45) is 0 Å². The summed E-state index contributed by atoms with van der Waals surface area (Å²) in [5.74, 6) is -0.599. The standard InChI is InChI=1S/C6H10O3.2C4H9.Ti/c1-3-9-6(8)4-5(2)7;2*1-3-4-2;/h3-4H2,1-2H3;2*1,3-4H2,2H3;/q;2*-1;+2. The van der Waals surface area contributed by atoms with Gasteiger partial charge in [0.1, 0.15) is 12.2 Å². The first-order valence-electron chi connectivity index (χ1n) is 6.23. The molecule has 0 saturated carbocycles. The van der Waals surface area contributed by atoms with Crippen LogP contribution in [-0.2, 0) is 36.0 Å². The molecule has 0 saturated heterocycles. The summed E-state index contributed by atoms with van der Waals surface area (Å²) in [6.45, 7) is 14.8. The number of Topliss-reactive ketones (excluding diaryl/α,β-unsaturated/α-hetero) is 1. The molecule has 106 valence electrons. The van der Waals surface area contributed by atoms with E-state index in [0.717, 1.165) is 12.8 Å². The molecule has 0 aliphatic heterocycles. The van der Waals surface area contributed by atoms with E-state index in [-0.39, 0.29) is 33.9 Å². The minimum absolute atomic E-state index is 0. The van der Waals surface area contributed by atoms with Gasteiger partial charge in [0.05, 0.1) is 6.61 Å². The van der Waals surface area contributed by atoms with Gasteiger partial charge in [-0.25, -0.2) is 0 Å². The number of ether oxygens (including phenoxy) is 1. The summed E-state index contributed by atoms with van der Waals surface area (Å²) >= 11 is 0. The summed E-state index contributed by atoms with van der Waals surface area (Å²) in [5.41, 5.74) is 0. The average Bonchev–Trinajstić information content (AvgIpc) is 2.29.